The van der Waals surface area contributed by atoms with Crippen molar-refractivity contribution in [1.82, 2.24) is 0 Å². The van der Waals surface area contributed by atoms with Gasteiger partial charge in [0.2, 0.25) is 0 Å². The first-order chi connectivity index (χ1) is 4.20. The fourth-order valence-corrected chi connectivity index (χ4v) is 1.10. The number of hydrogen-bond donors (Lipinski definition) is 0. The Kier molecular flexibility index (Phi) is 1.75. The van der Waals surface area contributed by atoms with Gasteiger partial charge in [0.15, 0.2) is 0 Å². The molecule has 1 unspecified atom stereocenters. The molecule has 0 saturated heterocycles. The molecule has 0 amide bonds. The highest BCUT2D eigenvalue weighted by Crippen LogP contribution is 2.20. The third-order valence-corrected chi connectivity index (χ3v) is 2.02. The second kappa shape index (κ2) is 2.38. The summed E-state index contributed by atoms with van der Waals surface area (Å²) in [6, 6.07) is 0. The number of hydrogen-bond acceptors (Lipinski definition) is 0. The van der Waals surface area contributed by atoms with E-state index in [1.54, 1.807) is 0 Å². The SMILES string of the molecule is CC1=CC(C)[C@H](C)C=C1. The lowest BCUT2D eigenvalue weighted by molar-refractivity contribution is 0.548. The first-order valence-electron chi connectivity index (χ1n) is 3.57. The van der Waals surface area contributed by atoms with E-state index >= 15 is 0 Å². The molecule has 50 valence electrons. The molecule has 0 heterocycles. The maximum absolute atomic E-state index is 2.32. The molecule has 0 aromatic carbocycles. The van der Waals surface area contributed by atoms with Gasteiger partial charge in [0, 0.05) is 0 Å². The summed E-state index contributed by atoms with van der Waals surface area (Å²) in [5.41, 5.74) is 1.40. The summed E-state index contributed by atoms with van der Waals surface area (Å²) in [6.07, 6.45) is 6.80. The van der Waals surface area contributed by atoms with Crippen molar-refractivity contribution in [2.45, 2.75) is 20.8 Å². The zero-order valence-electron chi connectivity index (χ0n) is 6.39. The van der Waals surface area contributed by atoms with Gasteiger partial charge in [0.05, 0.1) is 0 Å². The molecule has 9 heavy (non-hydrogen) atoms. The van der Waals surface area contributed by atoms with E-state index in [2.05, 4.69) is 39.0 Å². The third kappa shape index (κ3) is 1.44. The number of allylic oxidation sites excluding steroid dienone is 4. The molecule has 0 saturated carbocycles. The Bertz CT molecular complexity index is 151. The van der Waals surface area contributed by atoms with Gasteiger partial charge in [0.1, 0.15) is 0 Å². The summed E-state index contributed by atoms with van der Waals surface area (Å²) in [5, 5.41) is 0. The summed E-state index contributed by atoms with van der Waals surface area (Å²) in [4.78, 5) is 0. The van der Waals surface area contributed by atoms with Crippen LogP contribution in [0.1, 0.15) is 20.8 Å². The van der Waals surface area contributed by atoms with Gasteiger partial charge in [-0.15, -0.1) is 0 Å². The van der Waals surface area contributed by atoms with E-state index in [1.807, 2.05) is 0 Å². The number of rotatable bonds is 0. The molecule has 0 spiro atoms. The van der Waals surface area contributed by atoms with Crippen molar-refractivity contribution < 1.29 is 0 Å². The van der Waals surface area contributed by atoms with Gasteiger partial charge in [-0.1, -0.05) is 37.6 Å². The highest BCUT2D eigenvalue weighted by Gasteiger charge is 2.08. The standard InChI is InChI=1S/C9H14/c1-7-4-5-8(2)9(3)6-7/h4-6,8-9H,1-3H3/t8-,9?/m1/s1. The van der Waals surface area contributed by atoms with E-state index in [-0.39, 0.29) is 0 Å². The molecular formula is C9H14. The van der Waals surface area contributed by atoms with Crippen molar-refractivity contribution in [3.8, 4) is 0 Å². The van der Waals surface area contributed by atoms with Gasteiger partial charge in [-0.2, -0.15) is 0 Å². The van der Waals surface area contributed by atoms with Crippen LogP contribution in [0.15, 0.2) is 23.8 Å². The van der Waals surface area contributed by atoms with Gasteiger partial charge in [-0.25, -0.2) is 0 Å². The second-order valence-corrected chi connectivity index (χ2v) is 2.99. The van der Waals surface area contributed by atoms with Crippen LogP contribution in [0.25, 0.3) is 0 Å². The van der Waals surface area contributed by atoms with Crippen LogP contribution in [-0.4, -0.2) is 0 Å². The van der Waals surface area contributed by atoms with Crippen molar-refractivity contribution in [3.63, 3.8) is 0 Å². The summed E-state index contributed by atoms with van der Waals surface area (Å²) < 4.78 is 0. The maximum atomic E-state index is 2.32. The van der Waals surface area contributed by atoms with Gasteiger partial charge in [0.25, 0.3) is 0 Å². The predicted molar refractivity (Wildman–Crippen MR) is 41.2 cm³/mol. The minimum atomic E-state index is 0.730. The minimum Gasteiger partial charge on any atom is -0.0809 e. The monoisotopic (exact) mass is 122 g/mol. The summed E-state index contributed by atoms with van der Waals surface area (Å²) in [6.45, 7) is 6.67. The Morgan fingerprint density at radius 1 is 1.22 bits per heavy atom. The lowest BCUT2D eigenvalue weighted by atomic mass is 9.89. The maximum Gasteiger partial charge on any atom is -0.0196 e. The fourth-order valence-electron chi connectivity index (χ4n) is 1.10. The molecule has 1 rings (SSSR count). The van der Waals surface area contributed by atoms with Crippen LogP contribution >= 0.6 is 0 Å². The van der Waals surface area contributed by atoms with Crippen LogP contribution in [0.4, 0.5) is 0 Å². The molecule has 1 aliphatic carbocycles. The molecule has 2 atom stereocenters. The molecule has 1 aliphatic rings. The van der Waals surface area contributed by atoms with Crippen LogP contribution < -0.4 is 0 Å². The van der Waals surface area contributed by atoms with Gasteiger partial charge in [-0.05, 0) is 18.8 Å². The quantitative estimate of drug-likeness (QED) is 0.463. The van der Waals surface area contributed by atoms with Crippen LogP contribution in [0, 0.1) is 11.8 Å². The Labute approximate surface area is 57.3 Å². The van der Waals surface area contributed by atoms with Crippen LogP contribution in [-0.2, 0) is 0 Å². The zero-order chi connectivity index (χ0) is 6.85. The van der Waals surface area contributed by atoms with Gasteiger partial charge >= 0.3 is 0 Å². The average molecular weight is 122 g/mol. The molecule has 0 N–H and O–H groups in total. The largest absolute Gasteiger partial charge is 0.0809 e. The van der Waals surface area contributed by atoms with E-state index in [1.165, 1.54) is 5.57 Å². The average Bonchev–Trinajstić information content (AvgIpc) is 1.80. The van der Waals surface area contributed by atoms with E-state index in [0.29, 0.717) is 0 Å². The van der Waals surface area contributed by atoms with E-state index < -0.39 is 0 Å². The fraction of sp³-hybridized carbons (Fsp3) is 0.556. The van der Waals surface area contributed by atoms with Crippen LogP contribution in [0.2, 0.25) is 0 Å². The summed E-state index contributed by atoms with van der Waals surface area (Å²) in [5.74, 6) is 1.46. The molecule has 0 fully saturated rings. The minimum absolute atomic E-state index is 0.730. The van der Waals surface area contributed by atoms with E-state index in [9.17, 15) is 0 Å². The third-order valence-electron chi connectivity index (χ3n) is 2.02. The molecule has 0 bridgehead atoms. The molecule has 0 aromatic heterocycles. The van der Waals surface area contributed by atoms with Crippen molar-refractivity contribution in [2.75, 3.05) is 0 Å². The van der Waals surface area contributed by atoms with Gasteiger partial charge in [-0.3, -0.25) is 0 Å². The lowest BCUT2D eigenvalue weighted by Gasteiger charge is -2.16. The normalized spacial score (nSPS) is 34.3. The summed E-state index contributed by atoms with van der Waals surface area (Å²) >= 11 is 0. The van der Waals surface area contributed by atoms with Gasteiger partial charge < -0.3 is 0 Å². The molecular weight excluding hydrogens is 108 g/mol. The molecule has 0 radical (unpaired) electrons. The molecule has 0 nitrogen and oxygen atoms in total. The molecule has 0 aliphatic heterocycles. The van der Waals surface area contributed by atoms with Crippen LogP contribution in [0.3, 0.4) is 0 Å². The highest BCUT2D eigenvalue weighted by atomic mass is 14.1. The smallest absolute Gasteiger partial charge is 0.0196 e. The molecule has 0 heteroatoms. The highest BCUT2D eigenvalue weighted by molar-refractivity contribution is 5.22. The zero-order valence-corrected chi connectivity index (χ0v) is 6.39. The van der Waals surface area contributed by atoms with Crippen molar-refractivity contribution in [1.29, 1.82) is 0 Å². The Morgan fingerprint density at radius 2 is 1.89 bits per heavy atom. The second-order valence-electron chi connectivity index (χ2n) is 2.99. The topological polar surface area (TPSA) is 0 Å². The summed E-state index contributed by atoms with van der Waals surface area (Å²) in [7, 11) is 0. The Hall–Kier alpha value is -0.520. The predicted octanol–water partition coefficient (Wildman–Crippen LogP) is 2.77. The van der Waals surface area contributed by atoms with Crippen LogP contribution in [0.5, 0.6) is 0 Å². The van der Waals surface area contributed by atoms with E-state index in [0.717, 1.165) is 11.8 Å². The van der Waals surface area contributed by atoms with Crippen molar-refractivity contribution in [3.05, 3.63) is 23.8 Å². The van der Waals surface area contributed by atoms with Crippen molar-refractivity contribution >= 4 is 0 Å². The lowest BCUT2D eigenvalue weighted by Crippen LogP contribution is -2.05. The molecule has 0 aromatic rings. The first-order valence-corrected chi connectivity index (χ1v) is 3.57. The Balaban J connectivity index is 2.70. The van der Waals surface area contributed by atoms with E-state index in [4.69, 9.17) is 0 Å². The Morgan fingerprint density at radius 3 is 2.33 bits per heavy atom. The first kappa shape index (κ1) is 6.60. The van der Waals surface area contributed by atoms with Crippen molar-refractivity contribution in [2.24, 2.45) is 11.8 Å².